The van der Waals surface area contributed by atoms with Crippen molar-refractivity contribution in [3.8, 4) is 11.3 Å². The number of aromatic nitrogens is 1. The summed E-state index contributed by atoms with van der Waals surface area (Å²) in [6.07, 6.45) is 2.24. The summed E-state index contributed by atoms with van der Waals surface area (Å²) in [4.78, 5) is 30.0. The van der Waals surface area contributed by atoms with Crippen LogP contribution in [0, 0.1) is 12.3 Å². The van der Waals surface area contributed by atoms with Crippen LogP contribution in [0.2, 0.25) is 0 Å². The molecule has 2 amide bonds. The molecule has 2 aromatic carbocycles. The maximum absolute atomic E-state index is 13.4. The highest BCUT2D eigenvalue weighted by atomic mass is 16.5. The van der Waals surface area contributed by atoms with E-state index in [9.17, 15) is 9.59 Å². The summed E-state index contributed by atoms with van der Waals surface area (Å²) in [6.45, 7) is 3.08. The van der Waals surface area contributed by atoms with Crippen LogP contribution >= 0.6 is 0 Å². The Balaban J connectivity index is 1.55. The third-order valence-electron chi connectivity index (χ3n) is 6.41. The van der Waals surface area contributed by atoms with E-state index >= 15 is 0 Å². The zero-order chi connectivity index (χ0) is 23.4. The standard InChI is InChI=1S/C27H31N3O3/c1-20-10-12-21(13-11-20)16-25(31)30-15-7-14-27(19-30,26(32)29(2)3)18-23-17-24(28-33-23)22-8-5-4-6-9-22/h4-6,8-13,17H,7,14-16,18-19H2,1-3H3/t27-/m1/s1. The Morgan fingerprint density at radius 1 is 1.09 bits per heavy atom. The summed E-state index contributed by atoms with van der Waals surface area (Å²) >= 11 is 0. The van der Waals surface area contributed by atoms with Crippen LogP contribution in [0.5, 0.6) is 0 Å². The smallest absolute Gasteiger partial charge is 0.230 e. The molecule has 4 rings (SSSR count). The SMILES string of the molecule is Cc1ccc(CC(=O)N2CCC[C@](Cc3cc(-c4ccccc4)no3)(C(=O)N(C)C)C2)cc1. The van der Waals surface area contributed by atoms with Gasteiger partial charge in [-0.1, -0.05) is 65.3 Å². The number of carbonyl (C=O) groups excluding carboxylic acids is 2. The number of hydrogen-bond donors (Lipinski definition) is 0. The number of nitrogens with zero attached hydrogens (tertiary/aromatic N) is 3. The third kappa shape index (κ3) is 5.16. The Kier molecular flexibility index (Phi) is 6.63. The summed E-state index contributed by atoms with van der Waals surface area (Å²) in [5.74, 6) is 0.738. The van der Waals surface area contributed by atoms with Gasteiger partial charge in [-0.15, -0.1) is 0 Å². The zero-order valence-corrected chi connectivity index (χ0v) is 19.6. The van der Waals surface area contributed by atoms with Crippen molar-refractivity contribution in [2.75, 3.05) is 27.2 Å². The lowest BCUT2D eigenvalue weighted by Crippen LogP contribution is -2.54. The van der Waals surface area contributed by atoms with Gasteiger partial charge in [0.1, 0.15) is 11.5 Å². The van der Waals surface area contributed by atoms with Gasteiger partial charge in [0.15, 0.2) is 0 Å². The molecule has 2 heterocycles. The highest BCUT2D eigenvalue weighted by Gasteiger charge is 2.45. The first kappa shape index (κ1) is 22.8. The van der Waals surface area contributed by atoms with E-state index in [1.165, 1.54) is 5.56 Å². The minimum absolute atomic E-state index is 0.0213. The number of rotatable bonds is 6. The average molecular weight is 446 g/mol. The molecule has 1 aliphatic heterocycles. The second kappa shape index (κ2) is 9.61. The van der Waals surface area contributed by atoms with Crippen LogP contribution in [0.3, 0.4) is 0 Å². The van der Waals surface area contributed by atoms with Crippen molar-refractivity contribution in [2.24, 2.45) is 5.41 Å². The summed E-state index contributed by atoms with van der Waals surface area (Å²) in [5.41, 5.74) is 3.16. The Labute approximate surface area is 195 Å². The minimum Gasteiger partial charge on any atom is -0.361 e. The lowest BCUT2D eigenvalue weighted by atomic mass is 9.75. The summed E-state index contributed by atoms with van der Waals surface area (Å²) in [5, 5.41) is 4.22. The molecule has 1 saturated heterocycles. The zero-order valence-electron chi connectivity index (χ0n) is 19.6. The maximum Gasteiger partial charge on any atom is 0.230 e. The van der Waals surface area contributed by atoms with Gasteiger partial charge < -0.3 is 14.3 Å². The van der Waals surface area contributed by atoms with Crippen LogP contribution in [-0.4, -0.2) is 54.0 Å². The molecule has 0 N–H and O–H groups in total. The van der Waals surface area contributed by atoms with Crippen molar-refractivity contribution in [3.05, 3.63) is 77.6 Å². The average Bonchev–Trinajstić information content (AvgIpc) is 3.29. The molecule has 0 spiro atoms. The molecule has 172 valence electrons. The van der Waals surface area contributed by atoms with Crippen LogP contribution in [0.15, 0.2) is 65.2 Å². The maximum atomic E-state index is 13.4. The van der Waals surface area contributed by atoms with E-state index in [0.29, 0.717) is 38.1 Å². The quantitative estimate of drug-likeness (QED) is 0.572. The molecule has 1 fully saturated rings. The number of likely N-dealkylation sites (tertiary alicyclic amines) is 1. The molecule has 0 unspecified atom stereocenters. The lowest BCUT2D eigenvalue weighted by Gasteiger charge is -2.42. The first-order valence-corrected chi connectivity index (χ1v) is 11.4. The minimum atomic E-state index is -0.724. The Hall–Kier alpha value is -3.41. The molecule has 0 bridgehead atoms. The van der Waals surface area contributed by atoms with Gasteiger partial charge in [0.05, 0.1) is 11.8 Å². The monoisotopic (exact) mass is 445 g/mol. The number of amides is 2. The third-order valence-corrected chi connectivity index (χ3v) is 6.41. The van der Waals surface area contributed by atoms with Gasteiger partial charge in [-0.25, -0.2) is 0 Å². The molecular weight excluding hydrogens is 414 g/mol. The van der Waals surface area contributed by atoms with Crippen LogP contribution < -0.4 is 0 Å². The van der Waals surface area contributed by atoms with E-state index in [0.717, 1.165) is 23.2 Å². The molecule has 1 aromatic heterocycles. The van der Waals surface area contributed by atoms with Crippen LogP contribution in [0.25, 0.3) is 11.3 Å². The Morgan fingerprint density at radius 3 is 2.52 bits per heavy atom. The fraction of sp³-hybridized carbons (Fsp3) is 0.370. The van der Waals surface area contributed by atoms with E-state index in [1.54, 1.807) is 19.0 Å². The number of aryl methyl sites for hydroxylation is 1. The fourth-order valence-corrected chi connectivity index (χ4v) is 4.68. The van der Waals surface area contributed by atoms with E-state index in [1.807, 2.05) is 72.5 Å². The number of benzene rings is 2. The normalized spacial score (nSPS) is 18.2. The molecular formula is C27H31N3O3. The van der Waals surface area contributed by atoms with Crippen molar-refractivity contribution >= 4 is 11.8 Å². The molecule has 6 nitrogen and oxygen atoms in total. The van der Waals surface area contributed by atoms with Crippen LogP contribution in [0.4, 0.5) is 0 Å². The van der Waals surface area contributed by atoms with Gasteiger partial charge in [0.2, 0.25) is 11.8 Å². The number of piperidine rings is 1. The van der Waals surface area contributed by atoms with Crippen LogP contribution in [0.1, 0.15) is 29.7 Å². The molecule has 3 aromatic rings. The highest BCUT2D eigenvalue weighted by Crippen LogP contribution is 2.36. The predicted molar refractivity (Wildman–Crippen MR) is 127 cm³/mol. The van der Waals surface area contributed by atoms with Gasteiger partial charge in [-0.05, 0) is 25.3 Å². The van der Waals surface area contributed by atoms with Crippen LogP contribution in [-0.2, 0) is 22.4 Å². The summed E-state index contributed by atoms with van der Waals surface area (Å²) in [6, 6.07) is 19.8. The van der Waals surface area contributed by atoms with E-state index in [-0.39, 0.29) is 11.8 Å². The molecule has 0 aliphatic carbocycles. The van der Waals surface area contributed by atoms with Crippen molar-refractivity contribution < 1.29 is 14.1 Å². The second-order valence-electron chi connectivity index (χ2n) is 9.28. The van der Waals surface area contributed by atoms with Gasteiger partial charge in [0, 0.05) is 45.2 Å². The van der Waals surface area contributed by atoms with Gasteiger partial charge in [0.25, 0.3) is 0 Å². The molecule has 33 heavy (non-hydrogen) atoms. The summed E-state index contributed by atoms with van der Waals surface area (Å²) in [7, 11) is 3.54. The lowest BCUT2D eigenvalue weighted by molar-refractivity contribution is -0.147. The first-order chi connectivity index (χ1) is 15.9. The molecule has 0 radical (unpaired) electrons. The van der Waals surface area contributed by atoms with Gasteiger partial charge >= 0.3 is 0 Å². The number of carbonyl (C=O) groups is 2. The van der Waals surface area contributed by atoms with Gasteiger partial charge in [-0.3, -0.25) is 9.59 Å². The Bertz CT molecular complexity index is 1110. The predicted octanol–water partition coefficient (Wildman–Crippen LogP) is 4.13. The molecule has 6 heteroatoms. The largest absolute Gasteiger partial charge is 0.361 e. The van der Waals surface area contributed by atoms with Crippen molar-refractivity contribution in [1.29, 1.82) is 0 Å². The topological polar surface area (TPSA) is 66.7 Å². The number of hydrogen-bond acceptors (Lipinski definition) is 4. The van der Waals surface area contributed by atoms with E-state index < -0.39 is 5.41 Å². The van der Waals surface area contributed by atoms with Crippen molar-refractivity contribution in [1.82, 2.24) is 15.0 Å². The first-order valence-electron chi connectivity index (χ1n) is 11.4. The van der Waals surface area contributed by atoms with E-state index in [2.05, 4.69) is 5.16 Å². The Morgan fingerprint density at radius 2 is 1.82 bits per heavy atom. The van der Waals surface area contributed by atoms with Crippen molar-refractivity contribution in [2.45, 2.75) is 32.6 Å². The van der Waals surface area contributed by atoms with E-state index in [4.69, 9.17) is 4.52 Å². The van der Waals surface area contributed by atoms with Gasteiger partial charge in [-0.2, -0.15) is 0 Å². The van der Waals surface area contributed by atoms with Crippen molar-refractivity contribution in [3.63, 3.8) is 0 Å². The molecule has 1 atom stereocenters. The second-order valence-corrected chi connectivity index (χ2v) is 9.28. The molecule has 0 saturated carbocycles. The fourth-order valence-electron chi connectivity index (χ4n) is 4.68. The highest BCUT2D eigenvalue weighted by molar-refractivity contribution is 5.85. The molecule has 1 aliphatic rings. The summed E-state index contributed by atoms with van der Waals surface area (Å²) < 4.78 is 5.66.